The first-order chi connectivity index (χ1) is 15.7. The highest BCUT2D eigenvalue weighted by molar-refractivity contribution is 7.89. The number of fused-ring (bicyclic) bond motifs is 1. The van der Waals surface area contributed by atoms with E-state index in [0.29, 0.717) is 28.2 Å². The van der Waals surface area contributed by atoms with Crippen LogP contribution < -0.4 is 9.60 Å². The molecule has 172 valence electrons. The van der Waals surface area contributed by atoms with Gasteiger partial charge in [0.25, 0.3) is 0 Å². The maximum Gasteiger partial charge on any atom is 0.308 e. The summed E-state index contributed by atoms with van der Waals surface area (Å²) in [6.45, 7) is 6.40. The van der Waals surface area contributed by atoms with Gasteiger partial charge in [-0.05, 0) is 72.9 Å². The van der Waals surface area contributed by atoms with Crippen LogP contribution in [0.3, 0.4) is 0 Å². The summed E-state index contributed by atoms with van der Waals surface area (Å²) < 4.78 is 31.5. The van der Waals surface area contributed by atoms with E-state index in [0.717, 1.165) is 28.0 Å². The molecule has 0 amide bonds. The number of aryl methyl sites for hydroxylation is 2. The van der Waals surface area contributed by atoms with Crippen LogP contribution in [0.4, 0.5) is 0 Å². The van der Waals surface area contributed by atoms with E-state index < -0.39 is 10.0 Å². The van der Waals surface area contributed by atoms with E-state index >= 15 is 0 Å². The smallest absolute Gasteiger partial charge is 0.294 e. The molecule has 1 atom stereocenters. The number of nitrogens with zero attached hydrogens (tertiary/aromatic N) is 1. The molecule has 0 aliphatic heterocycles. The molecule has 0 bridgehead atoms. The van der Waals surface area contributed by atoms with E-state index in [2.05, 4.69) is 4.72 Å². The van der Waals surface area contributed by atoms with Crippen molar-refractivity contribution < 1.29 is 8.42 Å². The van der Waals surface area contributed by atoms with E-state index in [4.69, 9.17) is 11.6 Å². The zero-order chi connectivity index (χ0) is 23.8. The highest BCUT2D eigenvalue weighted by atomic mass is 35.5. The molecule has 1 N–H and O–H groups in total. The Balaban J connectivity index is 1.64. The van der Waals surface area contributed by atoms with Crippen molar-refractivity contribution in [1.82, 2.24) is 9.29 Å². The number of benzene rings is 3. The van der Waals surface area contributed by atoms with Gasteiger partial charge in [0.1, 0.15) is 0 Å². The molecule has 1 aromatic heterocycles. The highest BCUT2D eigenvalue weighted by Crippen LogP contribution is 2.26. The van der Waals surface area contributed by atoms with E-state index in [1.54, 1.807) is 34.9 Å². The normalized spacial score (nSPS) is 12.8. The third-order valence-corrected chi connectivity index (χ3v) is 8.51. The van der Waals surface area contributed by atoms with Crippen LogP contribution in [0.2, 0.25) is 5.02 Å². The van der Waals surface area contributed by atoms with E-state index in [1.807, 2.05) is 51.1 Å². The summed E-state index contributed by atoms with van der Waals surface area (Å²) >= 11 is 7.00. The molecule has 1 heterocycles. The van der Waals surface area contributed by atoms with Crippen LogP contribution in [0.5, 0.6) is 0 Å². The molecule has 0 unspecified atom stereocenters. The lowest BCUT2D eigenvalue weighted by atomic mass is 10.0. The molecule has 0 fully saturated rings. The summed E-state index contributed by atoms with van der Waals surface area (Å²) in [5.74, 6) is 0. The molecule has 4 rings (SSSR count). The number of nitrogens with one attached hydrogen (secondary N) is 1. The number of sulfonamides is 1. The standard InChI is InChI=1S/C25H25ClN2O3S2/c1-4-22(19-8-5-16(2)17(3)13-19)27-33(30,31)21-11-12-23-24(14-21)32-25(29)28(23)15-18-6-9-20(26)10-7-18/h5-14,22,27H,4,15H2,1-3H3/t22-/m0/s1. The molecular formula is C25H25ClN2O3S2. The molecule has 0 saturated heterocycles. The van der Waals surface area contributed by atoms with Crippen molar-refractivity contribution in [2.24, 2.45) is 0 Å². The quantitative estimate of drug-likeness (QED) is 0.348. The molecule has 5 nitrogen and oxygen atoms in total. The molecule has 3 aromatic carbocycles. The Morgan fingerprint density at radius 2 is 1.73 bits per heavy atom. The predicted octanol–water partition coefficient (Wildman–Crippen LogP) is 5.81. The van der Waals surface area contributed by atoms with Crippen LogP contribution in [0.25, 0.3) is 10.2 Å². The van der Waals surface area contributed by atoms with Crippen molar-refractivity contribution in [1.29, 1.82) is 0 Å². The molecule has 33 heavy (non-hydrogen) atoms. The summed E-state index contributed by atoms with van der Waals surface area (Å²) in [4.78, 5) is 12.6. The Kier molecular flexibility index (Phi) is 6.77. The second-order valence-corrected chi connectivity index (χ2v) is 11.3. The third kappa shape index (κ3) is 5.06. The van der Waals surface area contributed by atoms with Gasteiger partial charge in [0.15, 0.2) is 0 Å². The zero-order valence-electron chi connectivity index (χ0n) is 18.6. The number of halogens is 1. The SMILES string of the molecule is CC[C@H](NS(=O)(=O)c1ccc2c(c1)sc(=O)n2Cc1ccc(Cl)cc1)c1ccc(C)c(C)c1. The van der Waals surface area contributed by atoms with Crippen molar-refractivity contribution in [2.45, 2.75) is 44.7 Å². The number of hydrogen-bond donors (Lipinski definition) is 1. The van der Waals surface area contributed by atoms with E-state index in [1.165, 1.54) is 5.56 Å². The first-order valence-electron chi connectivity index (χ1n) is 10.7. The maximum absolute atomic E-state index is 13.2. The Morgan fingerprint density at radius 3 is 2.39 bits per heavy atom. The van der Waals surface area contributed by atoms with Crippen molar-refractivity contribution in [3.8, 4) is 0 Å². The van der Waals surface area contributed by atoms with Crippen LogP contribution in [0, 0.1) is 13.8 Å². The van der Waals surface area contributed by atoms with Gasteiger partial charge >= 0.3 is 4.87 Å². The van der Waals surface area contributed by atoms with Gasteiger partial charge in [-0.2, -0.15) is 0 Å². The van der Waals surface area contributed by atoms with Gasteiger partial charge in [0, 0.05) is 11.1 Å². The van der Waals surface area contributed by atoms with Crippen molar-refractivity contribution in [3.63, 3.8) is 0 Å². The lowest BCUT2D eigenvalue weighted by Crippen LogP contribution is -2.28. The summed E-state index contributed by atoms with van der Waals surface area (Å²) in [5.41, 5.74) is 4.88. The molecule has 8 heteroatoms. The van der Waals surface area contributed by atoms with E-state index in [-0.39, 0.29) is 15.8 Å². The van der Waals surface area contributed by atoms with Gasteiger partial charge in [-0.15, -0.1) is 0 Å². The fourth-order valence-corrected chi connectivity index (χ4v) is 6.22. The number of hydrogen-bond acceptors (Lipinski definition) is 4. The largest absolute Gasteiger partial charge is 0.308 e. The summed E-state index contributed by atoms with van der Waals surface area (Å²) in [5, 5.41) is 0.634. The number of rotatable bonds is 7. The van der Waals surface area contributed by atoms with Crippen LogP contribution in [0.1, 0.15) is 41.6 Å². The zero-order valence-corrected chi connectivity index (χ0v) is 21.0. The Hall–Kier alpha value is -2.45. The Labute approximate surface area is 202 Å². The van der Waals surface area contributed by atoms with Crippen molar-refractivity contribution in [2.75, 3.05) is 0 Å². The van der Waals surface area contributed by atoms with Crippen LogP contribution in [-0.4, -0.2) is 13.0 Å². The van der Waals surface area contributed by atoms with Gasteiger partial charge < -0.3 is 0 Å². The minimum absolute atomic E-state index is 0.135. The fourth-order valence-electron chi connectivity index (χ4n) is 3.76. The van der Waals surface area contributed by atoms with Crippen molar-refractivity contribution in [3.05, 3.63) is 97.6 Å². The topological polar surface area (TPSA) is 68.2 Å². The van der Waals surface area contributed by atoms with Crippen LogP contribution in [-0.2, 0) is 16.6 Å². The molecule has 4 aromatic rings. The Morgan fingerprint density at radius 1 is 1.00 bits per heavy atom. The average Bonchev–Trinajstić information content (AvgIpc) is 3.10. The van der Waals surface area contributed by atoms with Gasteiger partial charge in [-0.1, -0.05) is 60.2 Å². The second-order valence-electron chi connectivity index (χ2n) is 8.14. The molecule has 0 saturated carbocycles. The average molecular weight is 501 g/mol. The van der Waals surface area contributed by atoms with Gasteiger partial charge in [-0.3, -0.25) is 9.36 Å². The first-order valence-corrected chi connectivity index (χ1v) is 13.3. The van der Waals surface area contributed by atoms with Gasteiger partial charge in [-0.25, -0.2) is 13.1 Å². The fraction of sp³-hybridized carbons (Fsp3) is 0.240. The monoisotopic (exact) mass is 500 g/mol. The molecule has 0 aliphatic carbocycles. The lowest BCUT2D eigenvalue weighted by molar-refractivity contribution is 0.550. The summed E-state index contributed by atoms with van der Waals surface area (Å²) in [6, 6.07) is 17.8. The lowest BCUT2D eigenvalue weighted by Gasteiger charge is -2.19. The molecule has 0 spiro atoms. The first kappa shape index (κ1) is 23.7. The highest BCUT2D eigenvalue weighted by Gasteiger charge is 2.22. The molecular weight excluding hydrogens is 476 g/mol. The number of aromatic nitrogens is 1. The minimum Gasteiger partial charge on any atom is -0.294 e. The predicted molar refractivity (Wildman–Crippen MR) is 136 cm³/mol. The van der Waals surface area contributed by atoms with Crippen LogP contribution in [0.15, 0.2) is 70.4 Å². The van der Waals surface area contributed by atoms with Gasteiger partial charge in [0.05, 0.1) is 21.7 Å². The molecule has 0 aliphatic rings. The minimum atomic E-state index is -3.77. The Bertz CT molecular complexity index is 1470. The van der Waals surface area contributed by atoms with E-state index in [9.17, 15) is 13.2 Å². The summed E-state index contributed by atoms with van der Waals surface area (Å²) in [6.07, 6.45) is 0.620. The second kappa shape index (κ2) is 9.43. The summed E-state index contributed by atoms with van der Waals surface area (Å²) in [7, 11) is -3.77. The van der Waals surface area contributed by atoms with Crippen molar-refractivity contribution >= 4 is 43.2 Å². The third-order valence-electron chi connectivity index (χ3n) is 5.84. The molecule has 0 radical (unpaired) electrons. The number of thiazole rings is 1. The van der Waals surface area contributed by atoms with Crippen LogP contribution >= 0.6 is 22.9 Å². The van der Waals surface area contributed by atoms with Gasteiger partial charge in [0.2, 0.25) is 10.0 Å². The maximum atomic E-state index is 13.2.